The topological polar surface area (TPSA) is 108 Å². The SMILES string of the molecule is Cc1cc(C)n(-c2cc(Oc3ccc(NC(=O)c4c(C)noc4C)cc3)ncn2)n1. The van der Waals surface area contributed by atoms with Gasteiger partial charge in [0.05, 0.1) is 11.4 Å². The van der Waals surface area contributed by atoms with Crippen LogP contribution in [0.15, 0.2) is 47.2 Å². The number of hydrogen-bond acceptors (Lipinski definition) is 7. The van der Waals surface area contributed by atoms with Gasteiger partial charge in [0.2, 0.25) is 5.88 Å². The number of amides is 1. The second kappa shape index (κ2) is 7.78. The molecule has 0 unspecified atom stereocenters. The molecule has 1 aromatic carbocycles. The smallest absolute Gasteiger partial charge is 0.261 e. The molecule has 0 radical (unpaired) electrons. The van der Waals surface area contributed by atoms with Gasteiger partial charge in [-0.2, -0.15) is 5.10 Å². The van der Waals surface area contributed by atoms with Crippen molar-refractivity contribution in [1.29, 1.82) is 0 Å². The van der Waals surface area contributed by atoms with Gasteiger partial charge in [0.1, 0.15) is 23.4 Å². The number of nitrogens with zero attached hydrogens (tertiary/aromatic N) is 5. The van der Waals surface area contributed by atoms with Crippen molar-refractivity contribution in [2.45, 2.75) is 27.7 Å². The normalized spacial score (nSPS) is 10.8. The molecular weight excluding hydrogens is 384 g/mol. The van der Waals surface area contributed by atoms with Gasteiger partial charge in [-0.25, -0.2) is 14.6 Å². The molecule has 0 aliphatic rings. The van der Waals surface area contributed by atoms with Crippen LogP contribution in [0.1, 0.15) is 33.2 Å². The predicted octanol–water partition coefficient (Wildman–Crippen LogP) is 3.93. The highest BCUT2D eigenvalue weighted by molar-refractivity contribution is 6.05. The Labute approximate surface area is 172 Å². The van der Waals surface area contributed by atoms with Crippen molar-refractivity contribution in [3.8, 4) is 17.4 Å². The van der Waals surface area contributed by atoms with Gasteiger partial charge in [-0.3, -0.25) is 4.79 Å². The zero-order valence-corrected chi connectivity index (χ0v) is 17.0. The van der Waals surface area contributed by atoms with Gasteiger partial charge in [-0.15, -0.1) is 0 Å². The highest BCUT2D eigenvalue weighted by atomic mass is 16.5. The molecule has 0 atom stereocenters. The summed E-state index contributed by atoms with van der Waals surface area (Å²) in [6, 6.07) is 10.7. The highest BCUT2D eigenvalue weighted by Crippen LogP contribution is 2.23. The lowest BCUT2D eigenvalue weighted by molar-refractivity contribution is 0.102. The molecular formula is C21H20N6O3. The number of hydrogen-bond donors (Lipinski definition) is 1. The van der Waals surface area contributed by atoms with Crippen molar-refractivity contribution >= 4 is 11.6 Å². The van der Waals surface area contributed by atoms with Crippen LogP contribution >= 0.6 is 0 Å². The Bertz CT molecular complexity index is 1190. The van der Waals surface area contributed by atoms with E-state index in [2.05, 4.69) is 25.5 Å². The van der Waals surface area contributed by atoms with Crippen LogP contribution in [0.4, 0.5) is 5.69 Å². The Kier molecular flexibility index (Phi) is 5.01. The summed E-state index contributed by atoms with van der Waals surface area (Å²) >= 11 is 0. The van der Waals surface area contributed by atoms with Gasteiger partial charge in [-0.1, -0.05) is 5.16 Å². The molecule has 0 bridgehead atoms. The zero-order chi connectivity index (χ0) is 21.3. The second-order valence-electron chi connectivity index (χ2n) is 6.83. The minimum Gasteiger partial charge on any atom is -0.439 e. The van der Waals surface area contributed by atoms with E-state index < -0.39 is 0 Å². The molecule has 0 spiro atoms. The number of ether oxygens (including phenoxy) is 1. The van der Waals surface area contributed by atoms with Gasteiger partial charge in [0.25, 0.3) is 5.91 Å². The third-order valence-corrected chi connectivity index (χ3v) is 4.45. The first-order valence-corrected chi connectivity index (χ1v) is 9.28. The number of benzene rings is 1. The number of rotatable bonds is 5. The van der Waals surface area contributed by atoms with Crippen molar-refractivity contribution in [2.75, 3.05) is 5.32 Å². The number of carbonyl (C=O) groups is 1. The van der Waals surface area contributed by atoms with E-state index in [-0.39, 0.29) is 5.91 Å². The molecule has 152 valence electrons. The van der Waals surface area contributed by atoms with E-state index in [4.69, 9.17) is 9.26 Å². The first-order valence-electron chi connectivity index (χ1n) is 9.28. The summed E-state index contributed by atoms with van der Waals surface area (Å²) in [5.74, 6) is 1.79. The summed E-state index contributed by atoms with van der Waals surface area (Å²) < 4.78 is 12.6. The van der Waals surface area contributed by atoms with Crippen LogP contribution < -0.4 is 10.1 Å². The maximum atomic E-state index is 12.4. The van der Waals surface area contributed by atoms with E-state index in [0.29, 0.717) is 40.2 Å². The molecule has 9 heteroatoms. The van der Waals surface area contributed by atoms with Gasteiger partial charge >= 0.3 is 0 Å². The fraction of sp³-hybridized carbons (Fsp3) is 0.190. The minimum atomic E-state index is -0.273. The molecule has 3 aromatic heterocycles. The van der Waals surface area contributed by atoms with E-state index in [1.54, 1.807) is 48.9 Å². The number of anilines is 1. The Morgan fingerprint density at radius 3 is 2.47 bits per heavy atom. The standard InChI is InChI=1S/C21H20N6O3/c1-12-9-13(2)27(25-12)18-10-19(23-11-22-18)29-17-7-5-16(6-8-17)24-21(28)20-14(3)26-30-15(20)4/h5-11H,1-4H3,(H,24,28). The van der Waals surface area contributed by atoms with Crippen LogP contribution in [0.25, 0.3) is 5.82 Å². The zero-order valence-electron chi connectivity index (χ0n) is 17.0. The largest absolute Gasteiger partial charge is 0.439 e. The van der Waals surface area contributed by atoms with Crippen LogP contribution in [-0.4, -0.2) is 30.8 Å². The number of nitrogens with one attached hydrogen (secondary N) is 1. The Morgan fingerprint density at radius 1 is 1.07 bits per heavy atom. The summed E-state index contributed by atoms with van der Waals surface area (Å²) in [7, 11) is 0. The average Bonchev–Trinajstić information content (AvgIpc) is 3.23. The third kappa shape index (κ3) is 3.90. The maximum Gasteiger partial charge on any atom is 0.261 e. The first-order chi connectivity index (χ1) is 14.4. The van der Waals surface area contributed by atoms with Crippen molar-refractivity contribution in [2.24, 2.45) is 0 Å². The lowest BCUT2D eigenvalue weighted by Crippen LogP contribution is -2.13. The quantitative estimate of drug-likeness (QED) is 0.537. The van der Waals surface area contributed by atoms with Crippen molar-refractivity contribution in [1.82, 2.24) is 24.9 Å². The molecule has 9 nitrogen and oxygen atoms in total. The first kappa shape index (κ1) is 19.3. The van der Waals surface area contributed by atoms with Crippen molar-refractivity contribution in [3.63, 3.8) is 0 Å². The molecule has 4 aromatic rings. The molecule has 1 N–H and O–H groups in total. The molecule has 0 saturated carbocycles. The number of carbonyl (C=O) groups excluding carboxylic acids is 1. The van der Waals surface area contributed by atoms with Crippen LogP contribution in [0.5, 0.6) is 11.6 Å². The molecule has 0 fully saturated rings. The molecule has 30 heavy (non-hydrogen) atoms. The van der Waals surface area contributed by atoms with E-state index in [9.17, 15) is 4.79 Å². The molecule has 4 rings (SSSR count). The van der Waals surface area contributed by atoms with E-state index in [1.807, 2.05) is 19.9 Å². The van der Waals surface area contributed by atoms with Crippen LogP contribution in [0.2, 0.25) is 0 Å². The second-order valence-corrected chi connectivity index (χ2v) is 6.83. The monoisotopic (exact) mass is 404 g/mol. The molecule has 0 aliphatic carbocycles. The molecule has 1 amide bonds. The summed E-state index contributed by atoms with van der Waals surface area (Å²) in [5.41, 5.74) is 3.48. The maximum absolute atomic E-state index is 12.4. The van der Waals surface area contributed by atoms with Gasteiger partial charge in [-0.05, 0) is 58.0 Å². The fourth-order valence-corrected chi connectivity index (χ4v) is 3.09. The van der Waals surface area contributed by atoms with E-state index >= 15 is 0 Å². The summed E-state index contributed by atoms with van der Waals surface area (Å²) in [6.45, 7) is 7.31. The molecule has 0 saturated heterocycles. The summed E-state index contributed by atoms with van der Waals surface area (Å²) in [6.07, 6.45) is 1.43. The predicted molar refractivity (Wildman–Crippen MR) is 109 cm³/mol. The van der Waals surface area contributed by atoms with Crippen molar-refractivity contribution < 1.29 is 14.1 Å². The number of aromatic nitrogens is 5. The Balaban J connectivity index is 1.47. The van der Waals surface area contributed by atoms with Gasteiger partial charge in [0.15, 0.2) is 5.82 Å². The van der Waals surface area contributed by atoms with E-state index in [0.717, 1.165) is 11.4 Å². The molecule has 3 heterocycles. The van der Waals surface area contributed by atoms with Crippen LogP contribution in [0, 0.1) is 27.7 Å². The summed E-state index contributed by atoms with van der Waals surface area (Å²) in [4.78, 5) is 20.8. The lowest BCUT2D eigenvalue weighted by Gasteiger charge is -2.09. The Hall–Kier alpha value is -4.01. The Morgan fingerprint density at radius 2 is 1.83 bits per heavy atom. The third-order valence-electron chi connectivity index (χ3n) is 4.45. The van der Waals surface area contributed by atoms with Crippen LogP contribution in [0.3, 0.4) is 0 Å². The summed E-state index contributed by atoms with van der Waals surface area (Å²) in [5, 5.41) is 11.0. The van der Waals surface area contributed by atoms with E-state index in [1.165, 1.54) is 6.33 Å². The minimum absolute atomic E-state index is 0.273. The van der Waals surface area contributed by atoms with Gasteiger partial charge in [0, 0.05) is 17.4 Å². The van der Waals surface area contributed by atoms with Crippen LogP contribution in [-0.2, 0) is 0 Å². The molecule has 0 aliphatic heterocycles. The highest BCUT2D eigenvalue weighted by Gasteiger charge is 2.17. The average molecular weight is 404 g/mol. The van der Waals surface area contributed by atoms with Crippen molar-refractivity contribution in [3.05, 3.63) is 71.1 Å². The lowest BCUT2D eigenvalue weighted by atomic mass is 10.2. The van der Waals surface area contributed by atoms with Gasteiger partial charge < -0.3 is 14.6 Å². The number of aryl methyl sites for hydroxylation is 4. The fourth-order valence-electron chi connectivity index (χ4n) is 3.09.